The zero-order valence-corrected chi connectivity index (χ0v) is 13.9. The van der Waals surface area contributed by atoms with Crippen LogP contribution in [0.2, 0.25) is 0 Å². The van der Waals surface area contributed by atoms with Gasteiger partial charge >= 0.3 is 0 Å². The number of benzene rings is 1. The van der Waals surface area contributed by atoms with Crippen LogP contribution >= 0.6 is 11.3 Å². The molecule has 0 spiro atoms. The summed E-state index contributed by atoms with van der Waals surface area (Å²) in [6.07, 6.45) is 2.04. The van der Waals surface area contributed by atoms with E-state index in [2.05, 4.69) is 20.5 Å². The fraction of sp³-hybridized carbons (Fsp3) is 0.176. The molecule has 0 aliphatic rings. The standard InChI is InChI=1S/C17H16N4O2S/c1-11-8-9-24-15(11)10-18-21-16(22)7-6-14-17(23)20-13-5-3-2-4-12(13)19-14/h2-5,8-10H,6-7H2,1H3,(H,20,23)(H,21,22)/b18-10+. The summed E-state index contributed by atoms with van der Waals surface area (Å²) in [5.74, 6) is -0.255. The fourth-order valence-corrected chi connectivity index (χ4v) is 2.99. The lowest BCUT2D eigenvalue weighted by atomic mass is 10.2. The number of nitrogens with one attached hydrogen (secondary N) is 2. The zero-order valence-electron chi connectivity index (χ0n) is 13.1. The van der Waals surface area contributed by atoms with Crippen LogP contribution in [0.15, 0.2) is 45.6 Å². The molecule has 0 aliphatic carbocycles. The summed E-state index contributed by atoms with van der Waals surface area (Å²) in [7, 11) is 0. The van der Waals surface area contributed by atoms with Gasteiger partial charge < -0.3 is 4.98 Å². The van der Waals surface area contributed by atoms with E-state index in [1.54, 1.807) is 23.6 Å². The lowest BCUT2D eigenvalue weighted by Crippen LogP contribution is -2.21. The van der Waals surface area contributed by atoms with Crippen molar-refractivity contribution in [3.05, 3.63) is 62.2 Å². The minimum absolute atomic E-state index is 0.148. The minimum Gasteiger partial charge on any atom is -0.319 e. The number of hydrogen-bond acceptors (Lipinski definition) is 5. The first-order valence-corrected chi connectivity index (χ1v) is 8.35. The molecule has 2 heterocycles. The van der Waals surface area contributed by atoms with Crippen molar-refractivity contribution in [3.63, 3.8) is 0 Å². The summed E-state index contributed by atoms with van der Waals surface area (Å²) in [5, 5.41) is 5.91. The van der Waals surface area contributed by atoms with E-state index in [4.69, 9.17) is 0 Å². The highest BCUT2D eigenvalue weighted by Gasteiger charge is 2.07. The van der Waals surface area contributed by atoms with Crippen LogP contribution in [0.25, 0.3) is 11.0 Å². The Labute approximate surface area is 142 Å². The number of amides is 1. The van der Waals surface area contributed by atoms with E-state index in [9.17, 15) is 9.59 Å². The van der Waals surface area contributed by atoms with Crippen LogP contribution in [0.3, 0.4) is 0 Å². The van der Waals surface area contributed by atoms with Crippen LogP contribution in [-0.4, -0.2) is 22.1 Å². The third kappa shape index (κ3) is 3.75. The van der Waals surface area contributed by atoms with E-state index in [-0.39, 0.29) is 24.3 Å². The Morgan fingerprint density at radius 1 is 1.38 bits per heavy atom. The molecule has 122 valence electrons. The summed E-state index contributed by atoms with van der Waals surface area (Å²) in [6, 6.07) is 9.29. The van der Waals surface area contributed by atoms with E-state index in [0.29, 0.717) is 16.7 Å². The fourth-order valence-electron chi connectivity index (χ4n) is 2.20. The smallest absolute Gasteiger partial charge is 0.270 e. The van der Waals surface area contributed by atoms with Gasteiger partial charge in [0.1, 0.15) is 5.69 Å². The van der Waals surface area contributed by atoms with E-state index in [1.807, 2.05) is 36.6 Å². The molecule has 3 aromatic rings. The number of thiophene rings is 1. The van der Waals surface area contributed by atoms with Crippen LogP contribution < -0.4 is 11.0 Å². The second-order valence-corrected chi connectivity index (χ2v) is 6.24. The van der Waals surface area contributed by atoms with Gasteiger partial charge in [-0.15, -0.1) is 11.3 Å². The van der Waals surface area contributed by atoms with E-state index >= 15 is 0 Å². The Kier molecular flexibility index (Phi) is 4.81. The molecule has 1 aromatic carbocycles. The van der Waals surface area contributed by atoms with Crippen LogP contribution in [-0.2, 0) is 11.2 Å². The maximum atomic E-state index is 12.0. The van der Waals surface area contributed by atoms with Gasteiger partial charge in [-0.1, -0.05) is 12.1 Å². The predicted octanol–water partition coefficient (Wildman–Crippen LogP) is 2.38. The number of nitrogens with zero attached hydrogens (tertiary/aromatic N) is 2. The molecule has 1 amide bonds. The molecule has 6 nitrogen and oxygen atoms in total. The summed E-state index contributed by atoms with van der Waals surface area (Å²) in [5.41, 5.74) is 5.07. The molecule has 0 bridgehead atoms. The van der Waals surface area contributed by atoms with E-state index < -0.39 is 0 Å². The third-order valence-corrected chi connectivity index (χ3v) is 4.48. The maximum absolute atomic E-state index is 12.0. The van der Waals surface area contributed by atoms with Gasteiger partial charge in [-0.2, -0.15) is 5.10 Å². The average molecular weight is 340 g/mol. The number of para-hydroxylation sites is 2. The number of carbonyl (C=O) groups excluding carboxylic acids is 1. The highest BCUT2D eigenvalue weighted by Crippen LogP contribution is 2.12. The molecular formula is C17H16N4O2S. The summed E-state index contributed by atoms with van der Waals surface area (Å²) in [6.45, 7) is 1.98. The van der Waals surface area contributed by atoms with Gasteiger partial charge in [0, 0.05) is 17.7 Å². The molecule has 0 atom stereocenters. The molecule has 0 radical (unpaired) electrons. The van der Waals surface area contributed by atoms with Crippen molar-refractivity contribution in [2.24, 2.45) is 5.10 Å². The number of carbonyl (C=O) groups is 1. The summed E-state index contributed by atoms with van der Waals surface area (Å²) < 4.78 is 0. The first-order chi connectivity index (χ1) is 11.6. The molecule has 0 saturated heterocycles. The largest absolute Gasteiger partial charge is 0.319 e. The first-order valence-electron chi connectivity index (χ1n) is 7.47. The van der Waals surface area contributed by atoms with Crippen molar-refractivity contribution >= 4 is 34.5 Å². The van der Waals surface area contributed by atoms with E-state index in [0.717, 1.165) is 10.4 Å². The number of fused-ring (bicyclic) bond motifs is 1. The zero-order chi connectivity index (χ0) is 16.9. The second kappa shape index (κ2) is 7.18. The van der Waals surface area contributed by atoms with Crippen molar-refractivity contribution in [1.82, 2.24) is 15.4 Å². The number of aryl methyl sites for hydroxylation is 2. The SMILES string of the molecule is Cc1ccsc1/C=N/NC(=O)CCc1nc2ccccc2[nH]c1=O. The Bertz CT molecular complexity index is 958. The van der Waals surface area contributed by atoms with Crippen molar-refractivity contribution in [2.75, 3.05) is 0 Å². The van der Waals surface area contributed by atoms with Crippen molar-refractivity contribution < 1.29 is 4.79 Å². The van der Waals surface area contributed by atoms with Gasteiger partial charge in [-0.05, 0) is 36.1 Å². The second-order valence-electron chi connectivity index (χ2n) is 5.29. The Balaban J connectivity index is 1.60. The monoisotopic (exact) mass is 340 g/mol. The maximum Gasteiger partial charge on any atom is 0.270 e. The number of H-pyrrole nitrogens is 1. The molecule has 0 aliphatic heterocycles. The van der Waals surface area contributed by atoms with Crippen molar-refractivity contribution in [1.29, 1.82) is 0 Å². The van der Waals surface area contributed by atoms with Crippen LogP contribution in [0.4, 0.5) is 0 Å². The lowest BCUT2D eigenvalue weighted by molar-refractivity contribution is -0.121. The molecule has 0 fully saturated rings. The Morgan fingerprint density at radius 3 is 3.00 bits per heavy atom. The predicted molar refractivity (Wildman–Crippen MR) is 95.5 cm³/mol. The molecule has 0 unspecified atom stereocenters. The molecule has 24 heavy (non-hydrogen) atoms. The van der Waals surface area contributed by atoms with Gasteiger partial charge in [0.15, 0.2) is 0 Å². The van der Waals surface area contributed by atoms with Gasteiger partial charge in [0.25, 0.3) is 5.56 Å². The number of rotatable bonds is 5. The highest BCUT2D eigenvalue weighted by atomic mass is 32.1. The summed E-state index contributed by atoms with van der Waals surface area (Å²) >= 11 is 1.56. The first kappa shape index (κ1) is 16.1. The van der Waals surface area contributed by atoms with Gasteiger partial charge in [0.2, 0.25) is 5.91 Å². The van der Waals surface area contributed by atoms with E-state index in [1.165, 1.54) is 0 Å². The Morgan fingerprint density at radius 2 is 2.21 bits per heavy atom. The van der Waals surface area contributed by atoms with Crippen molar-refractivity contribution in [2.45, 2.75) is 19.8 Å². The molecule has 0 saturated carbocycles. The normalized spacial score (nSPS) is 11.2. The summed E-state index contributed by atoms with van der Waals surface area (Å²) in [4.78, 5) is 31.9. The highest BCUT2D eigenvalue weighted by molar-refractivity contribution is 7.11. The number of hydrazone groups is 1. The lowest BCUT2D eigenvalue weighted by Gasteiger charge is -2.02. The van der Waals surface area contributed by atoms with Crippen LogP contribution in [0.1, 0.15) is 22.6 Å². The third-order valence-electron chi connectivity index (χ3n) is 3.53. The Hall–Kier alpha value is -2.80. The average Bonchev–Trinajstić information content (AvgIpc) is 2.98. The van der Waals surface area contributed by atoms with Crippen molar-refractivity contribution in [3.8, 4) is 0 Å². The van der Waals surface area contributed by atoms with Gasteiger partial charge in [-0.3, -0.25) is 9.59 Å². The number of hydrogen-bond donors (Lipinski definition) is 2. The van der Waals surface area contributed by atoms with Gasteiger partial charge in [0.05, 0.1) is 17.2 Å². The molecule has 2 N–H and O–H groups in total. The topological polar surface area (TPSA) is 87.2 Å². The quantitative estimate of drug-likeness (QED) is 0.552. The number of aromatic amines is 1. The molecular weight excluding hydrogens is 324 g/mol. The molecule has 3 rings (SSSR count). The molecule has 7 heteroatoms. The van der Waals surface area contributed by atoms with Crippen LogP contribution in [0, 0.1) is 6.92 Å². The van der Waals surface area contributed by atoms with Crippen LogP contribution in [0.5, 0.6) is 0 Å². The molecule has 2 aromatic heterocycles. The minimum atomic E-state index is -0.265. The number of aromatic nitrogens is 2. The van der Waals surface area contributed by atoms with Gasteiger partial charge in [-0.25, -0.2) is 10.4 Å².